The predicted molar refractivity (Wildman–Crippen MR) is 46.6 cm³/mol. The summed E-state index contributed by atoms with van der Waals surface area (Å²) in [5.74, 6) is -0.935. The average molecular weight is 293 g/mol. The van der Waals surface area contributed by atoms with Crippen LogP contribution in [0.3, 0.4) is 0 Å². The quantitative estimate of drug-likeness (QED) is 0.177. The van der Waals surface area contributed by atoms with Crippen LogP contribution < -0.4 is 0 Å². The van der Waals surface area contributed by atoms with E-state index in [9.17, 15) is 14.4 Å². The van der Waals surface area contributed by atoms with Gasteiger partial charge in [0.1, 0.15) is 0 Å². The molecule has 18 heavy (non-hydrogen) atoms. The fourth-order valence-corrected chi connectivity index (χ4v) is 0.239. The van der Waals surface area contributed by atoms with Crippen molar-refractivity contribution in [1.82, 2.24) is 0 Å². The number of carbonyl (C=O) groups is 3. The van der Waals surface area contributed by atoms with Gasteiger partial charge in [-0.15, -0.1) is 0 Å². The number of aldehydes is 1. The summed E-state index contributed by atoms with van der Waals surface area (Å²) in [6.07, 6.45) is 2.14. The molecule has 1 radical (unpaired) electrons. The molecule has 8 heteroatoms. The minimum atomic E-state index is -0.690. The molecule has 0 spiro atoms. The minimum absolute atomic E-state index is 0. The van der Waals surface area contributed by atoms with Crippen LogP contribution in [0, 0.1) is 26.6 Å². The topological polar surface area (TPSA) is 131 Å². The second-order valence-corrected chi connectivity index (χ2v) is 1.46. The van der Waals surface area contributed by atoms with Crippen molar-refractivity contribution in [3.8, 4) is 0 Å². The predicted octanol–water partition coefficient (Wildman–Crippen LogP) is -0.253. The van der Waals surface area contributed by atoms with E-state index in [1.165, 1.54) is 6.92 Å². The zero-order chi connectivity index (χ0) is 15.3. The number of rotatable bonds is 3. The number of hydrogen-bond acceptors (Lipinski definition) is 3. The first-order valence-corrected chi connectivity index (χ1v) is 3.16. The summed E-state index contributed by atoms with van der Waals surface area (Å²) in [6, 6.07) is 0. The Bertz CT molecular complexity index is 285. The SMILES string of the molecule is CC(=O)/C=C/C(=O)C=O.[C-]#[O+].[C-]#[O+].[C-]#[O+].[C-]#[O+].[Mn]. The van der Waals surface area contributed by atoms with Crippen molar-refractivity contribution in [3.05, 3.63) is 38.8 Å². The van der Waals surface area contributed by atoms with Gasteiger partial charge < -0.3 is 0 Å². The zero-order valence-electron chi connectivity index (χ0n) is 8.97. The summed E-state index contributed by atoms with van der Waals surface area (Å²) >= 11 is 0. The number of ketones is 2. The molecule has 0 saturated heterocycles. The van der Waals surface area contributed by atoms with Gasteiger partial charge in [0, 0.05) is 17.1 Å². The van der Waals surface area contributed by atoms with E-state index in [0.717, 1.165) is 12.2 Å². The molecule has 0 unspecified atom stereocenters. The Labute approximate surface area is 114 Å². The van der Waals surface area contributed by atoms with Gasteiger partial charge in [0.15, 0.2) is 12.1 Å². The summed E-state index contributed by atoms with van der Waals surface area (Å²) in [5, 5.41) is 0. The molecule has 95 valence electrons. The van der Waals surface area contributed by atoms with Gasteiger partial charge in [-0.25, -0.2) is 0 Å². The van der Waals surface area contributed by atoms with Crippen LogP contribution in [0.1, 0.15) is 6.92 Å². The normalized spacial score (nSPS) is 5.17. The van der Waals surface area contributed by atoms with Crippen molar-refractivity contribution in [3.63, 3.8) is 0 Å². The van der Waals surface area contributed by atoms with Crippen LogP contribution in [0.2, 0.25) is 0 Å². The maximum atomic E-state index is 10.1. The molecule has 0 aromatic carbocycles. The summed E-state index contributed by atoms with van der Waals surface area (Å²) in [5.41, 5.74) is 0. The number of carbonyl (C=O) groups excluding carboxylic acids is 3. The van der Waals surface area contributed by atoms with E-state index >= 15 is 0 Å². The van der Waals surface area contributed by atoms with Gasteiger partial charge in [-0.3, -0.25) is 14.4 Å². The molecule has 0 N–H and O–H groups in total. The van der Waals surface area contributed by atoms with Crippen LogP contribution in [0.4, 0.5) is 0 Å². The second kappa shape index (κ2) is 59.0. The van der Waals surface area contributed by atoms with Crippen LogP contribution >= 0.6 is 0 Å². The molecule has 0 rings (SSSR count). The van der Waals surface area contributed by atoms with Gasteiger partial charge in [0.2, 0.25) is 5.78 Å². The largest absolute Gasteiger partial charge is 0 e. The van der Waals surface area contributed by atoms with E-state index in [-0.39, 0.29) is 29.1 Å². The third-order valence-corrected chi connectivity index (χ3v) is 0.598. The Kier molecular flexibility index (Phi) is 118. The summed E-state index contributed by atoms with van der Waals surface area (Å²) in [7, 11) is 0. The maximum absolute atomic E-state index is 10.1. The Hall–Kier alpha value is -1.77. The van der Waals surface area contributed by atoms with Crippen LogP contribution in [0.5, 0.6) is 0 Å². The molecule has 0 heterocycles. The van der Waals surface area contributed by atoms with Crippen LogP contribution in [0.15, 0.2) is 12.2 Å². The van der Waals surface area contributed by atoms with E-state index in [1.54, 1.807) is 0 Å². The molecule has 0 aliphatic carbocycles. The summed E-state index contributed by atoms with van der Waals surface area (Å²) in [4.78, 5) is 29.8. The summed E-state index contributed by atoms with van der Waals surface area (Å²) < 4.78 is 30.0. The number of hydrogen-bond donors (Lipinski definition) is 0. The zero-order valence-corrected chi connectivity index (χ0v) is 10.1. The maximum Gasteiger partial charge on any atom is 0 e. The van der Waals surface area contributed by atoms with Crippen LogP contribution in [-0.4, -0.2) is 17.9 Å². The molecule has 0 aliphatic heterocycles. The van der Waals surface area contributed by atoms with Gasteiger partial charge in [-0.2, -0.15) is 0 Å². The molecule has 0 fully saturated rings. The minimum Gasteiger partial charge on any atom is 0 e. The molecule has 0 aromatic heterocycles. The smallest absolute Gasteiger partial charge is 0 e. The Morgan fingerprint density at radius 3 is 1.28 bits per heavy atom. The molecular weight excluding hydrogens is 287 g/mol. The molecular formula is C10H6MnO7. The second-order valence-electron chi connectivity index (χ2n) is 1.46. The Morgan fingerprint density at radius 1 is 0.833 bits per heavy atom. The van der Waals surface area contributed by atoms with Crippen molar-refractivity contribution >= 4 is 17.9 Å². The van der Waals surface area contributed by atoms with Crippen molar-refractivity contribution in [2.75, 3.05) is 0 Å². The van der Waals surface area contributed by atoms with Crippen molar-refractivity contribution in [2.24, 2.45) is 0 Å². The van der Waals surface area contributed by atoms with E-state index < -0.39 is 5.78 Å². The molecule has 0 amide bonds. The first-order valence-electron chi connectivity index (χ1n) is 3.16. The molecule has 0 aliphatic rings. The van der Waals surface area contributed by atoms with Gasteiger partial charge in [-0.05, 0) is 19.1 Å². The first-order chi connectivity index (χ1) is 8.16. The summed E-state index contributed by atoms with van der Waals surface area (Å²) in [6.45, 7) is 19.3. The fourth-order valence-electron chi connectivity index (χ4n) is 0.239. The third-order valence-electron chi connectivity index (χ3n) is 0.598. The average Bonchev–Trinajstić information content (AvgIpc) is 2.45. The molecule has 0 atom stereocenters. The van der Waals surface area contributed by atoms with Crippen molar-refractivity contribution in [2.45, 2.75) is 6.92 Å². The van der Waals surface area contributed by atoms with E-state index in [4.69, 9.17) is 18.6 Å². The third kappa shape index (κ3) is 91.1. The molecule has 0 aromatic rings. The fraction of sp³-hybridized carbons (Fsp3) is 0.100. The first kappa shape index (κ1) is 36.0. The number of allylic oxidation sites excluding steroid dienone is 2. The van der Waals surface area contributed by atoms with Gasteiger partial charge in [0.25, 0.3) is 0 Å². The van der Waals surface area contributed by atoms with Crippen LogP contribution in [-0.2, 0) is 50.1 Å². The standard InChI is InChI=1S/C6H6O3.4CO.Mn/c1-5(8)2-3-6(9)4-7;4*1-2;/h2-4H,1H3;;;;;/b3-2+;;;;;. The van der Waals surface area contributed by atoms with E-state index in [1.807, 2.05) is 0 Å². The van der Waals surface area contributed by atoms with Gasteiger partial charge >= 0.3 is 45.2 Å². The Balaban J connectivity index is -0.0000000342. The molecule has 0 saturated carbocycles. The van der Waals surface area contributed by atoms with Crippen molar-refractivity contribution in [1.29, 1.82) is 0 Å². The Morgan fingerprint density at radius 2 is 1.11 bits per heavy atom. The van der Waals surface area contributed by atoms with Gasteiger partial charge in [-0.1, -0.05) is 0 Å². The van der Waals surface area contributed by atoms with E-state index in [0.29, 0.717) is 0 Å². The van der Waals surface area contributed by atoms with E-state index in [2.05, 4.69) is 26.6 Å². The molecule has 0 bridgehead atoms. The van der Waals surface area contributed by atoms with Crippen molar-refractivity contribution < 1.29 is 50.1 Å². The monoisotopic (exact) mass is 293 g/mol. The molecule has 7 nitrogen and oxygen atoms in total. The van der Waals surface area contributed by atoms with Crippen LogP contribution in [0.25, 0.3) is 0 Å². The van der Waals surface area contributed by atoms with Gasteiger partial charge in [0.05, 0.1) is 0 Å².